The lowest BCUT2D eigenvalue weighted by Gasteiger charge is -2.07. The molecule has 1 heterocycles. The second-order valence-electron chi connectivity index (χ2n) is 5.39. The van der Waals surface area contributed by atoms with E-state index in [0.717, 1.165) is 54.7 Å². The first-order chi connectivity index (χ1) is 9.79. The topological polar surface area (TPSA) is 34.9 Å². The van der Waals surface area contributed by atoms with Gasteiger partial charge >= 0.3 is 0 Å². The van der Waals surface area contributed by atoms with Crippen molar-refractivity contribution < 1.29 is 4.79 Å². The molecule has 0 fully saturated rings. The Morgan fingerprint density at radius 3 is 2.95 bits per heavy atom. The number of aryl methyl sites for hydroxylation is 1. The lowest BCUT2D eigenvalue weighted by molar-refractivity contribution is -0.115. The van der Waals surface area contributed by atoms with Crippen LogP contribution in [0.2, 0.25) is 0 Å². The van der Waals surface area contributed by atoms with Crippen LogP contribution in [-0.4, -0.2) is 15.3 Å². The molecule has 0 amide bonds. The predicted octanol–water partition coefficient (Wildman–Crippen LogP) is 3.67. The van der Waals surface area contributed by atoms with Crippen LogP contribution in [0.5, 0.6) is 0 Å². The van der Waals surface area contributed by atoms with Crippen LogP contribution >= 0.6 is 0 Å². The smallest absolute Gasteiger partial charge is 0.166 e. The zero-order valence-electron chi connectivity index (χ0n) is 11.9. The van der Waals surface area contributed by atoms with Gasteiger partial charge in [0.05, 0.1) is 17.5 Å². The molecule has 0 atom stereocenters. The highest BCUT2D eigenvalue weighted by Gasteiger charge is 2.18. The van der Waals surface area contributed by atoms with E-state index in [2.05, 4.69) is 28.6 Å². The monoisotopic (exact) mass is 268 g/mol. The van der Waals surface area contributed by atoms with E-state index >= 15 is 0 Å². The summed E-state index contributed by atoms with van der Waals surface area (Å²) in [5, 5.41) is 0. The SMILES string of the molecule is CCCn1c(CC(=O)C2=CCCC2)nc2ccccc21. The van der Waals surface area contributed by atoms with Gasteiger partial charge in [-0.25, -0.2) is 4.98 Å². The number of imidazole rings is 1. The molecular weight excluding hydrogens is 248 g/mol. The summed E-state index contributed by atoms with van der Waals surface area (Å²) in [4.78, 5) is 17.0. The van der Waals surface area contributed by atoms with Crippen LogP contribution in [0.15, 0.2) is 35.9 Å². The highest BCUT2D eigenvalue weighted by atomic mass is 16.1. The first kappa shape index (κ1) is 13.1. The van der Waals surface area contributed by atoms with E-state index in [1.165, 1.54) is 0 Å². The number of carbonyl (C=O) groups excluding carboxylic acids is 1. The molecule has 0 radical (unpaired) electrons. The summed E-state index contributed by atoms with van der Waals surface area (Å²) in [6, 6.07) is 8.13. The number of hydrogen-bond donors (Lipinski definition) is 0. The Balaban J connectivity index is 1.93. The molecule has 3 rings (SSSR count). The molecule has 20 heavy (non-hydrogen) atoms. The van der Waals surface area contributed by atoms with Crippen LogP contribution in [0, 0.1) is 0 Å². The van der Waals surface area contributed by atoms with Crippen LogP contribution in [0.4, 0.5) is 0 Å². The van der Waals surface area contributed by atoms with Gasteiger partial charge in [0.2, 0.25) is 0 Å². The molecule has 0 bridgehead atoms. The van der Waals surface area contributed by atoms with Gasteiger partial charge in [-0.1, -0.05) is 25.1 Å². The number of aromatic nitrogens is 2. The van der Waals surface area contributed by atoms with Gasteiger partial charge in [-0.05, 0) is 43.4 Å². The van der Waals surface area contributed by atoms with Crippen molar-refractivity contribution in [1.82, 2.24) is 9.55 Å². The number of Topliss-reactive ketones (excluding diaryl/α,β-unsaturated/α-hetero) is 1. The normalized spacial score (nSPS) is 14.8. The Hall–Kier alpha value is -1.90. The van der Waals surface area contributed by atoms with Gasteiger partial charge in [0.1, 0.15) is 5.82 Å². The molecule has 0 unspecified atom stereocenters. The highest BCUT2D eigenvalue weighted by molar-refractivity contribution is 5.97. The quantitative estimate of drug-likeness (QED) is 0.829. The van der Waals surface area contributed by atoms with Crippen molar-refractivity contribution in [3.8, 4) is 0 Å². The minimum atomic E-state index is 0.246. The molecule has 0 N–H and O–H groups in total. The molecule has 1 aliphatic carbocycles. The number of allylic oxidation sites excluding steroid dienone is 2. The highest BCUT2D eigenvalue weighted by Crippen LogP contribution is 2.22. The second kappa shape index (κ2) is 5.61. The lowest BCUT2D eigenvalue weighted by atomic mass is 10.1. The van der Waals surface area contributed by atoms with Crippen molar-refractivity contribution in [1.29, 1.82) is 0 Å². The van der Waals surface area contributed by atoms with Gasteiger partial charge in [0, 0.05) is 6.54 Å². The van der Waals surface area contributed by atoms with E-state index in [-0.39, 0.29) is 5.78 Å². The first-order valence-electron chi connectivity index (χ1n) is 7.46. The molecule has 2 aromatic rings. The van der Waals surface area contributed by atoms with E-state index in [1.54, 1.807) is 0 Å². The number of benzene rings is 1. The van der Waals surface area contributed by atoms with E-state index in [9.17, 15) is 4.79 Å². The molecular formula is C17H20N2O. The van der Waals surface area contributed by atoms with Crippen LogP contribution in [0.1, 0.15) is 38.4 Å². The number of hydrogen-bond acceptors (Lipinski definition) is 2. The van der Waals surface area contributed by atoms with Crippen molar-refractivity contribution in [2.75, 3.05) is 0 Å². The van der Waals surface area contributed by atoms with Gasteiger partial charge in [0.25, 0.3) is 0 Å². The number of rotatable bonds is 5. The van der Waals surface area contributed by atoms with Gasteiger partial charge in [0.15, 0.2) is 5.78 Å². The summed E-state index contributed by atoms with van der Waals surface area (Å²) < 4.78 is 2.20. The molecule has 3 heteroatoms. The Morgan fingerprint density at radius 2 is 2.20 bits per heavy atom. The molecule has 1 aromatic carbocycles. The summed E-state index contributed by atoms with van der Waals surface area (Å²) >= 11 is 0. The minimum absolute atomic E-state index is 0.246. The second-order valence-corrected chi connectivity index (χ2v) is 5.39. The van der Waals surface area contributed by atoms with E-state index in [4.69, 9.17) is 0 Å². The third kappa shape index (κ3) is 2.40. The van der Waals surface area contributed by atoms with Crippen molar-refractivity contribution in [2.24, 2.45) is 0 Å². The molecule has 0 saturated heterocycles. The maximum atomic E-state index is 12.3. The molecule has 104 valence electrons. The van der Waals surface area contributed by atoms with Crippen LogP contribution in [0.3, 0.4) is 0 Å². The van der Waals surface area contributed by atoms with Crippen molar-refractivity contribution in [3.05, 3.63) is 41.7 Å². The number of para-hydroxylation sites is 2. The Labute approximate surface area is 119 Å². The standard InChI is InChI=1S/C17H20N2O/c1-2-11-19-15-10-6-5-9-14(15)18-17(19)12-16(20)13-7-3-4-8-13/h5-7,9-10H,2-4,8,11-12H2,1H3. The van der Waals surface area contributed by atoms with Gasteiger partial charge < -0.3 is 4.57 Å². The Bertz CT molecular complexity index is 667. The fraction of sp³-hybridized carbons (Fsp3) is 0.412. The summed E-state index contributed by atoms with van der Waals surface area (Å²) in [5.74, 6) is 1.15. The lowest BCUT2D eigenvalue weighted by Crippen LogP contribution is -2.11. The van der Waals surface area contributed by atoms with Crippen molar-refractivity contribution in [2.45, 2.75) is 45.6 Å². The fourth-order valence-electron chi connectivity index (χ4n) is 2.91. The summed E-state index contributed by atoms with van der Waals surface area (Å²) in [6.45, 7) is 3.07. The summed E-state index contributed by atoms with van der Waals surface area (Å²) in [5.41, 5.74) is 3.13. The average molecular weight is 268 g/mol. The molecule has 1 aliphatic rings. The van der Waals surface area contributed by atoms with Gasteiger partial charge in [-0.3, -0.25) is 4.79 Å². The maximum Gasteiger partial charge on any atom is 0.166 e. The zero-order valence-corrected chi connectivity index (χ0v) is 11.9. The predicted molar refractivity (Wildman–Crippen MR) is 80.7 cm³/mol. The number of nitrogens with zero attached hydrogens (tertiary/aromatic N) is 2. The minimum Gasteiger partial charge on any atom is -0.328 e. The zero-order chi connectivity index (χ0) is 13.9. The number of ketones is 1. The average Bonchev–Trinajstić information content (AvgIpc) is 3.08. The molecule has 0 aliphatic heterocycles. The van der Waals surface area contributed by atoms with Gasteiger partial charge in [-0.15, -0.1) is 0 Å². The molecule has 3 nitrogen and oxygen atoms in total. The Morgan fingerprint density at radius 1 is 1.35 bits per heavy atom. The van der Waals surface area contributed by atoms with E-state index < -0.39 is 0 Å². The summed E-state index contributed by atoms with van der Waals surface area (Å²) in [6.07, 6.45) is 6.67. The van der Waals surface area contributed by atoms with Crippen LogP contribution in [-0.2, 0) is 17.8 Å². The van der Waals surface area contributed by atoms with Crippen molar-refractivity contribution in [3.63, 3.8) is 0 Å². The van der Waals surface area contributed by atoms with Crippen LogP contribution in [0.25, 0.3) is 11.0 Å². The third-order valence-electron chi connectivity index (χ3n) is 3.90. The first-order valence-corrected chi connectivity index (χ1v) is 7.46. The molecule has 0 spiro atoms. The van der Waals surface area contributed by atoms with E-state index in [1.807, 2.05) is 18.2 Å². The number of fused-ring (bicyclic) bond motifs is 1. The fourth-order valence-corrected chi connectivity index (χ4v) is 2.91. The molecule has 1 aromatic heterocycles. The van der Waals surface area contributed by atoms with E-state index in [0.29, 0.717) is 6.42 Å². The Kier molecular flexibility index (Phi) is 3.68. The molecule has 0 saturated carbocycles. The van der Waals surface area contributed by atoms with Gasteiger partial charge in [-0.2, -0.15) is 0 Å². The van der Waals surface area contributed by atoms with Crippen LogP contribution < -0.4 is 0 Å². The number of carbonyl (C=O) groups is 1. The summed E-state index contributed by atoms with van der Waals surface area (Å²) in [7, 11) is 0. The third-order valence-corrected chi connectivity index (χ3v) is 3.90. The maximum absolute atomic E-state index is 12.3. The largest absolute Gasteiger partial charge is 0.328 e. The van der Waals surface area contributed by atoms with Crippen molar-refractivity contribution >= 4 is 16.8 Å².